The fourth-order valence-electron chi connectivity index (χ4n) is 2.10. The van der Waals surface area contributed by atoms with Gasteiger partial charge in [0, 0.05) is 6.54 Å². The largest absolute Gasteiger partial charge is 0.490 e. The molecule has 0 aromatic heterocycles. The van der Waals surface area contributed by atoms with Crippen molar-refractivity contribution < 1.29 is 19.4 Å². The summed E-state index contributed by atoms with van der Waals surface area (Å²) in [4.78, 5) is 10.5. The molecular weight excluding hydrogens is 294 g/mol. The predicted molar refractivity (Wildman–Crippen MR) is 87.7 cm³/mol. The van der Waals surface area contributed by atoms with E-state index >= 15 is 0 Å². The molecule has 0 aliphatic rings. The zero-order chi connectivity index (χ0) is 16.5. The molecule has 0 unspecified atom stereocenters. The van der Waals surface area contributed by atoms with E-state index < -0.39 is 5.97 Å². The molecule has 0 heterocycles. The van der Waals surface area contributed by atoms with Gasteiger partial charge in [0.05, 0.1) is 13.2 Å². The molecule has 2 aromatic carbocycles. The Labute approximate surface area is 135 Å². The molecule has 122 valence electrons. The molecule has 2 aromatic rings. The summed E-state index contributed by atoms with van der Waals surface area (Å²) in [6.07, 6.45) is 0. The second-order valence-corrected chi connectivity index (χ2v) is 4.99. The summed E-state index contributed by atoms with van der Waals surface area (Å²) in [6, 6.07) is 15.5. The van der Waals surface area contributed by atoms with Crippen molar-refractivity contribution in [3.05, 3.63) is 59.7 Å². The number of benzene rings is 2. The minimum atomic E-state index is -0.877. The van der Waals surface area contributed by atoms with Gasteiger partial charge in [-0.25, -0.2) is 0 Å². The Hall–Kier alpha value is -2.53. The van der Waals surface area contributed by atoms with Gasteiger partial charge >= 0.3 is 5.97 Å². The predicted octanol–water partition coefficient (Wildman–Crippen LogP) is 2.84. The molecule has 0 radical (unpaired) electrons. The Morgan fingerprint density at radius 1 is 1.04 bits per heavy atom. The first-order valence-corrected chi connectivity index (χ1v) is 7.54. The van der Waals surface area contributed by atoms with Crippen LogP contribution in [0.1, 0.15) is 18.1 Å². The van der Waals surface area contributed by atoms with Crippen molar-refractivity contribution in [1.29, 1.82) is 0 Å². The first-order chi connectivity index (χ1) is 11.2. The number of hydrogen-bond acceptors (Lipinski definition) is 4. The molecule has 2 N–H and O–H groups in total. The van der Waals surface area contributed by atoms with E-state index in [4.69, 9.17) is 14.6 Å². The number of carboxylic acids is 1. The summed E-state index contributed by atoms with van der Waals surface area (Å²) < 4.78 is 11.5. The highest BCUT2D eigenvalue weighted by Crippen LogP contribution is 2.29. The molecular formula is C18H21NO4. The van der Waals surface area contributed by atoms with Gasteiger partial charge in [-0.15, -0.1) is 0 Å². The van der Waals surface area contributed by atoms with Gasteiger partial charge in [-0.2, -0.15) is 0 Å². The lowest BCUT2D eigenvalue weighted by atomic mass is 10.2. The summed E-state index contributed by atoms with van der Waals surface area (Å²) in [5.74, 6) is 0.466. The standard InChI is InChI=1S/C18H21NO4/c1-2-22-17-10-15(11-19-12-18(20)21)8-9-16(17)23-13-14-6-4-3-5-7-14/h3-10,19H,2,11-13H2,1H3,(H,20,21). The van der Waals surface area contributed by atoms with Gasteiger partial charge in [0.2, 0.25) is 0 Å². The topological polar surface area (TPSA) is 67.8 Å². The SMILES string of the molecule is CCOc1cc(CNCC(=O)O)ccc1OCc1ccccc1. The van der Waals surface area contributed by atoms with E-state index in [1.165, 1.54) is 0 Å². The van der Waals surface area contributed by atoms with Crippen molar-refractivity contribution in [3.8, 4) is 11.5 Å². The van der Waals surface area contributed by atoms with E-state index in [9.17, 15) is 4.79 Å². The molecule has 2 rings (SSSR count). The maximum Gasteiger partial charge on any atom is 0.317 e. The highest BCUT2D eigenvalue weighted by Gasteiger charge is 2.07. The van der Waals surface area contributed by atoms with E-state index in [1.807, 2.05) is 55.5 Å². The van der Waals surface area contributed by atoms with Gasteiger partial charge in [-0.3, -0.25) is 4.79 Å². The minimum absolute atomic E-state index is 0.0732. The van der Waals surface area contributed by atoms with Gasteiger partial charge in [0.25, 0.3) is 0 Å². The Bertz CT molecular complexity index is 628. The van der Waals surface area contributed by atoms with Crippen LogP contribution in [0.5, 0.6) is 11.5 Å². The molecule has 23 heavy (non-hydrogen) atoms. The normalized spacial score (nSPS) is 10.3. The van der Waals surface area contributed by atoms with E-state index in [1.54, 1.807) is 0 Å². The van der Waals surface area contributed by atoms with Gasteiger partial charge in [-0.1, -0.05) is 36.4 Å². The molecule has 0 fully saturated rings. The van der Waals surface area contributed by atoms with Crippen LogP contribution in [0.15, 0.2) is 48.5 Å². The number of hydrogen-bond donors (Lipinski definition) is 2. The zero-order valence-corrected chi connectivity index (χ0v) is 13.1. The van der Waals surface area contributed by atoms with Crippen LogP contribution >= 0.6 is 0 Å². The van der Waals surface area contributed by atoms with E-state index in [0.29, 0.717) is 31.3 Å². The number of aliphatic carboxylic acids is 1. The lowest BCUT2D eigenvalue weighted by Gasteiger charge is -2.13. The van der Waals surface area contributed by atoms with Gasteiger partial charge < -0.3 is 19.9 Å². The number of carbonyl (C=O) groups is 1. The molecule has 0 saturated heterocycles. The van der Waals surface area contributed by atoms with Gasteiger partial charge in [0.15, 0.2) is 11.5 Å². The Morgan fingerprint density at radius 2 is 1.83 bits per heavy atom. The minimum Gasteiger partial charge on any atom is -0.490 e. The van der Waals surface area contributed by atoms with Crippen molar-refractivity contribution in [1.82, 2.24) is 5.32 Å². The molecule has 0 aliphatic heterocycles. The summed E-state index contributed by atoms with van der Waals surface area (Å²) in [5.41, 5.74) is 2.03. The summed E-state index contributed by atoms with van der Waals surface area (Å²) in [5, 5.41) is 11.5. The van der Waals surface area contributed by atoms with Crippen LogP contribution in [0.2, 0.25) is 0 Å². The fraction of sp³-hybridized carbons (Fsp3) is 0.278. The summed E-state index contributed by atoms with van der Waals surface area (Å²) in [7, 11) is 0. The van der Waals surface area contributed by atoms with Crippen molar-refractivity contribution in [2.24, 2.45) is 0 Å². The quantitative estimate of drug-likeness (QED) is 0.745. The third-order valence-corrected chi connectivity index (χ3v) is 3.15. The molecule has 0 saturated carbocycles. The zero-order valence-electron chi connectivity index (χ0n) is 13.1. The molecule has 0 spiro atoms. The van der Waals surface area contributed by atoms with Gasteiger partial charge in [0.1, 0.15) is 6.61 Å². The third-order valence-electron chi connectivity index (χ3n) is 3.15. The first-order valence-electron chi connectivity index (χ1n) is 7.54. The van der Waals surface area contributed by atoms with Crippen LogP contribution in [0.3, 0.4) is 0 Å². The average Bonchev–Trinajstić information content (AvgIpc) is 2.55. The molecule has 5 heteroatoms. The Balaban J connectivity index is 2.02. The van der Waals surface area contributed by atoms with Crippen LogP contribution in [0, 0.1) is 0 Å². The number of ether oxygens (including phenoxy) is 2. The lowest BCUT2D eigenvalue weighted by molar-refractivity contribution is -0.135. The van der Waals surface area contributed by atoms with Crippen LogP contribution in [0.4, 0.5) is 0 Å². The van der Waals surface area contributed by atoms with Crippen LogP contribution < -0.4 is 14.8 Å². The van der Waals surface area contributed by atoms with Crippen molar-refractivity contribution in [3.63, 3.8) is 0 Å². The second kappa shape index (κ2) is 8.80. The lowest BCUT2D eigenvalue weighted by Crippen LogP contribution is -2.21. The summed E-state index contributed by atoms with van der Waals surface area (Å²) >= 11 is 0. The van der Waals surface area contributed by atoms with Gasteiger partial charge in [-0.05, 0) is 30.2 Å². The molecule has 0 atom stereocenters. The first kappa shape index (κ1) is 16.8. The van der Waals surface area contributed by atoms with E-state index in [2.05, 4.69) is 5.32 Å². The molecule has 0 bridgehead atoms. The number of carboxylic acid groups (broad SMARTS) is 1. The number of rotatable bonds is 9. The van der Waals surface area contributed by atoms with Crippen LogP contribution in [-0.4, -0.2) is 24.2 Å². The van der Waals surface area contributed by atoms with E-state index in [-0.39, 0.29) is 6.54 Å². The average molecular weight is 315 g/mol. The van der Waals surface area contributed by atoms with Crippen LogP contribution in [-0.2, 0) is 17.9 Å². The molecule has 0 amide bonds. The smallest absolute Gasteiger partial charge is 0.317 e. The maximum atomic E-state index is 10.5. The highest BCUT2D eigenvalue weighted by atomic mass is 16.5. The maximum absolute atomic E-state index is 10.5. The fourth-order valence-corrected chi connectivity index (χ4v) is 2.10. The number of nitrogens with one attached hydrogen (secondary N) is 1. The van der Waals surface area contributed by atoms with Crippen molar-refractivity contribution in [2.75, 3.05) is 13.2 Å². The van der Waals surface area contributed by atoms with Crippen molar-refractivity contribution >= 4 is 5.97 Å². The molecule has 0 aliphatic carbocycles. The third kappa shape index (κ3) is 5.64. The highest BCUT2D eigenvalue weighted by molar-refractivity contribution is 5.69. The van der Waals surface area contributed by atoms with Crippen molar-refractivity contribution in [2.45, 2.75) is 20.1 Å². The summed E-state index contributed by atoms with van der Waals surface area (Å²) in [6.45, 7) is 3.31. The Morgan fingerprint density at radius 3 is 2.52 bits per heavy atom. The Kier molecular flexibility index (Phi) is 6.44. The monoisotopic (exact) mass is 315 g/mol. The molecule has 5 nitrogen and oxygen atoms in total. The van der Waals surface area contributed by atoms with E-state index in [0.717, 1.165) is 11.1 Å². The second-order valence-electron chi connectivity index (χ2n) is 4.99. The van der Waals surface area contributed by atoms with Crippen LogP contribution in [0.25, 0.3) is 0 Å².